The number of carbonyl (C=O) groups excluding carboxylic acids is 4. The standard InChI is InChI=1S/C35H30Cl2N6O3S.C29H27IN6O3S/c36-26-9-5-8-23(29(26)37)30-31-32(43(40-30)28-10-3-4-14-46-28)39-27(16-38-31)41-13-11-24-25(17-41)35(24,20-12-15-47-18-20)19-42-33(44)21-6-1-2-7-22(21)34(42)45;30-25-24-26(36(33-25)23-7-3-4-11-39-23)32-22(13-31-24)34-10-8-20-21(14-34)29(20,17-9-12-40-15-17)16-35-27(37)18-5-1-2-6-19(18)28(35)38/h1-2,5-9,12,15-16,18,24-25,28H,3-4,10-11,13-14,17,19H2;1-2,5-6,9,12-13,15,20-21,23H,3-4,7-8,10-11,14,16H2. The molecule has 3 aromatic carbocycles. The van der Waals surface area contributed by atoms with E-state index in [1.807, 2.05) is 58.2 Å². The molecule has 6 aromatic heterocycles. The van der Waals surface area contributed by atoms with Crippen LogP contribution in [0.25, 0.3) is 33.6 Å². The molecule has 0 radical (unpaired) electrons. The number of benzene rings is 3. The zero-order valence-corrected chi connectivity index (χ0v) is 52.3. The van der Waals surface area contributed by atoms with E-state index in [1.54, 1.807) is 53.0 Å². The van der Waals surface area contributed by atoms with E-state index >= 15 is 0 Å². The highest BCUT2D eigenvalue weighted by Crippen LogP contribution is 2.66. The molecule has 9 aromatic rings. The average Bonchev–Trinajstić information content (AvgIpc) is 1.65. The van der Waals surface area contributed by atoms with Crippen molar-refractivity contribution in [2.45, 2.75) is 74.7 Å². The van der Waals surface area contributed by atoms with Crippen molar-refractivity contribution in [2.24, 2.45) is 23.7 Å². The zero-order valence-electron chi connectivity index (χ0n) is 47.0. The highest BCUT2D eigenvalue weighted by Gasteiger charge is 2.69. The molecule has 23 heteroatoms. The number of piperidine rings is 2. The van der Waals surface area contributed by atoms with Crippen molar-refractivity contribution in [1.29, 1.82) is 0 Å². The molecule has 8 unspecified atom stereocenters. The molecule has 12 heterocycles. The van der Waals surface area contributed by atoms with Gasteiger partial charge in [-0.05, 0) is 173 Å². The second-order valence-corrected chi connectivity index (χ2v) is 27.4. The lowest BCUT2D eigenvalue weighted by Gasteiger charge is -2.27. The summed E-state index contributed by atoms with van der Waals surface area (Å²) in [6.07, 6.45) is 11.2. The summed E-state index contributed by atoms with van der Waals surface area (Å²) in [5.41, 5.74) is 8.08. The van der Waals surface area contributed by atoms with Crippen LogP contribution in [0.1, 0.15) is 116 Å². The summed E-state index contributed by atoms with van der Waals surface area (Å²) in [7, 11) is 0. The highest BCUT2D eigenvalue weighted by atomic mass is 127. The third kappa shape index (κ3) is 9.00. The maximum Gasteiger partial charge on any atom is 0.261 e. The maximum atomic E-state index is 13.4. The molecule has 0 N–H and O–H groups in total. The summed E-state index contributed by atoms with van der Waals surface area (Å²) < 4.78 is 16.8. The van der Waals surface area contributed by atoms with Crippen LogP contribution in [0.4, 0.5) is 11.6 Å². The van der Waals surface area contributed by atoms with Crippen molar-refractivity contribution in [3.05, 3.63) is 160 Å². The summed E-state index contributed by atoms with van der Waals surface area (Å²) in [4.78, 5) is 81.1. The SMILES string of the molecule is O=C1c2ccccc2C(=O)N1CC1(c2ccsc2)C2CCN(c3cnc4c(-c5cccc(Cl)c5Cl)nn(C5CCCCO5)c4n3)CC21.O=C1c2ccccc2C(=O)N1CC1(c2ccsc2)C2CCN(c3cnc4c(I)nn(C5CCCCO5)c4n3)CC21. The molecule has 6 aliphatic heterocycles. The minimum Gasteiger partial charge on any atom is -0.356 e. The Morgan fingerprint density at radius 3 is 1.49 bits per heavy atom. The summed E-state index contributed by atoms with van der Waals surface area (Å²) in [5.74, 6) is 2.16. The normalized spacial score (nSPS) is 26.5. The molecule has 2 saturated carbocycles. The number of imide groups is 2. The first kappa shape index (κ1) is 55.6. The molecule has 87 heavy (non-hydrogen) atoms. The predicted molar refractivity (Wildman–Crippen MR) is 340 cm³/mol. The van der Waals surface area contributed by atoms with E-state index in [1.165, 1.54) is 20.9 Å². The van der Waals surface area contributed by atoms with Crippen LogP contribution in [0.2, 0.25) is 10.0 Å². The van der Waals surface area contributed by atoms with Gasteiger partial charge in [-0.15, -0.1) is 0 Å². The Kier molecular flexibility index (Phi) is 13.9. The molecule has 17 rings (SSSR count). The number of ether oxygens (including phenoxy) is 2. The summed E-state index contributed by atoms with van der Waals surface area (Å²) in [5, 5.41) is 19.1. The van der Waals surface area contributed by atoms with E-state index in [9.17, 15) is 19.2 Å². The van der Waals surface area contributed by atoms with Gasteiger partial charge in [-0.2, -0.15) is 32.9 Å². The number of anilines is 2. The zero-order chi connectivity index (χ0) is 58.9. The maximum absolute atomic E-state index is 13.4. The van der Waals surface area contributed by atoms with Crippen LogP contribution < -0.4 is 9.80 Å². The van der Waals surface area contributed by atoms with Gasteiger partial charge in [0.1, 0.15) is 28.4 Å². The average molecular weight is 1350 g/mol. The molecule has 0 spiro atoms. The minimum absolute atomic E-state index is 0.107. The van der Waals surface area contributed by atoms with Crippen LogP contribution in [0.3, 0.4) is 0 Å². The van der Waals surface area contributed by atoms with Crippen molar-refractivity contribution in [3.63, 3.8) is 0 Å². The summed E-state index contributed by atoms with van der Waals surface area (Å²) in [6, 6.07) is 24.1. The van der Waals surface area contributed by atoms with Crippen LogP contribution in [-0.2, 0) is 20.3 Å². The van der Waals surface area contributed by atoms with E-state index < -0.39 is 0 Å². The van der Waals surface area contributed by atoms with E-state index in [4.69, 9.17) is 62.8 Å². The number of hydrogen-bond acceptors (Lipinski definition) is 16. The number of amides is 4. The number of rotatable bonds is 11. The molecule has 442 valence electrons. The Morgan fingerprint density at radius 2 is 1.02 bits per heavy atom. The molecule has 2 aliphatic carbocycles. The first-order valence-corrected chi connectivity index (χ1v) is 33.5. The molecule has 0 bridgehead atoms. The Bertz CT molecular complexity index is 4180. The molecule has 8 atom stereocenters. The first-order valence-electron chi connectivity index (χ1n) is 29.8. The number of hydrogen-bond donors (Lipinski definition) is 0. The van der Waals surface area contributed by atoms with Gasteiger partial charge in [0.05, 0.1) is 44.7 Å². The van der Waals surface area contributed by atoms with Gasteiger partial charge in [-0.3, -0.25) is 29.0 Å². The Hall–Kier alpha value is -6.73. The van der Waals surface area contributed by atoms with Crippen molar-refractivity contribution in [1.82, 2.24) is 49.3 Å². The number of carbonyl (C=O) groups is 4. The minimum atomic E-state index is -0.298. The molecule has 18 nitrogen and oxygen atoms in total. The lowest BCUT2D eigenvalue weighted by atomic mass is 9.92. The van der Waals surface area contributed by atoms with Crippen LogP contribution in [0.5, 0.6) is 0 Å². The quantitative estimate of drug-likeness (QED) is 0.0879. The van der Waals surface area contributed by atoms with Crippen molar-refractivity contribution < 1.29 is 28.7 Å². The van der Waals surface area contributed by atoms with Crippen molar-refractivity contribution in [2.75, 3.05) is 62.3 Å². The molecule has 8 aliphatic rings. The predicted octanol–water partition coefficient (Wildman–Crippen LogP) is 12.1. The van der Waals surface area contributed by atoms with Crippen molar-refractivity contribution >= 4 is 126 Å². The van der Waals surface area contributed by atoms with E-state index in [-0.39, 0.29) is 52.8 Å². The van der Waals surface area contributed by atoms with Gasteiger partial charge < -0.3 is 19.3 Å². The third-order valence-electron chi connectivity index (χ3n) is 19.8. The summed E-state index contributed by atoms with van der Waals surface area (Å²) in [6.45, 7) is 5.37. The second kappa shape index (κ2) is 21.8. The first-order chi connectivity index (χ1) is 42.5. The smallest absolute Gasteiger partial charge is 0.261 e. The number of thiophene rings is 2. The fourth-order valence-electron chi connectivity index (χ4n) is 15.4. The van der Waals surface area contributed by atoms with Gasteiger partial charge in [0.25, 0.3) is 23.6 Å². The fourth-order valence-corrected chi connectivity index (χ4v) is 17.9. The molecule has 4 saturated heterocycles. The number of fused-ring (bicyclic) bond motifs is 6. The number of nitrogens with zero attached hydrogens (tertiary/aromatic N) is 12. The Morgan fingerprint density at radius 1 is 0.552 bits per heavy atom. The monoisotopic (exact) mass is 1350 g/mol. The van der Waals surface area contributed by atoms with Crippen LogP contribution >= 0.6 is 68.5 Å². The number of aromatic nitrogens is 8. The molecular formula is C64H57Cl2IN12O6S2. The number of halogens is 3. The van der Waals surface area contributed by atoms with Crippen molar-refractivity contribution in [3.8, 4) is 11.3 Å². The van der Waals surface area contributed by atoms with Gasteiger partial charge in [0.15, 0.2) is 27.5 Å². The lowest BCUT2D eigenvalue weighted by Crippen LogP contribution is -2.39. The Balaban J connectivity index is 0.000000142. The van der Waals surface area contributed by atoms with E-state index in [2.05, 4.69) is 66.0 Å². The van der Waals surface area contributed by atoms with E-state index in [0.29, 0.717) is 92.2 Å². The lowest BCUT2D eigenvalue weighted by molar-refractivity contribution is -0.0372. The second-order valence-electron chi connectivity index (χ2n) is 24.1. The summed E-state index contributed by atoms with van der Waals surface area (Å²) >= 11 is 18.6. The van der Waals surface area contributed by atoms with Gasteiger partial charge in [0.2, 0.25) is 0 Å². The molecule has 4 amide bonds. The topological polar surface area (TPSA) is 187 Å². The van der Waals surface area contributed by atoms with Gasteiger partial charge in [0, 0.05) is 68.9 Å². The van der Waals surface area contributed by atoms with Gasteiger partial charge in [-0.25, -0.2) is 29.3 Å². The fraction of sp³-hybridized carbons (Fsp3) is 0.375. The molecule has 6 fully saturated rings. The van der Waals surface area contributed by atoms with Crippen LogP contribution in [-0.4, -0.2) is 125 Å². The van der Waals surface area contributed by atoms with Gasteiger partial charge in [-0.1, -0.05) is 59.6 Å². The molecular weight excluding hydrogens is 1290 g/mol. The van der Waals surface area contributed by atoms with Gasteiger partial charge >= 0.3 is 0 Å². The largest absolute Gasteiger partial charge is 0.356 e. The van der Waals surface area contributed by atoms with Crippen LogP contribution in [0.15, 0.2) is 113 Å². The Labute approximate surface area is 531 Å². The van der Waals surface area contributed by atoms with Crippen LogP contribution in [0, 0.1) is 27.4 Å². The third-order valence-corrected chi connectivity index (χ3v) is 22.7. The highest BCUT2D eigenvalue weighted by molar-refractivity contribution is 14.1. The van der Waals surface area contributed by atoms with E-state index in [0.717, 1.165) is 111 Å².